The van der Waals surface area contributed by atoms with Gasteiger partial charge in [0.15, 0.2) is 0 Å². The van der Waals surface area contributed by atoms with Crippen molar-refractivity contribution in [3.05, 3.63) is 95.6 Å². The molecule has 168 valence electrons. The maximum atomic E-state index is 11.8. The topological polar surface area (TPSA) is 41.9 Å². The molecule has 0 saturated carbocycles. The van der Waals surface area contributed by atoms with Crippen molar-refractivity contribution in [2.24, 2.45) is 10.9 Å². The third-order valence-electron chi connectivity index (χ3n) is 7.06. The van der Waals surface area contributed by atoms with E-state index in [1.807, 2.05) is 24.3 Å². The number of hydrogen-bond acceptors (Lipinski definition) is 4. The van der Waals surface area contributed by atoms with Gasteiger partial charge in [-0.25, -0.2) is 4.79 Å². The molecule has 0 spiro atoms. The van der Waals surface area contributed by atoms with Crippen LogP contribution in [0.1, 0.15) is 34.3 Å². The lowest BCUT2D eigenvalue weighted by Gasteiger charge is -2.47. The fourth-order valence-corrected chi connectivity index (χ4v) is 5.29. The number of fused-ring (bicyclic) bond motifs is 3. The Labute approximate surface area is 195 Å². The van der Waals surface area contributed by atoms with E-state index in [1.165, 1.54) is 42.4 Å². The first-order valence-electron chi connectivity index (χ1n) is 11.8. The third kappa shape index (κ3) is 4.62. The van der Waals surface area contributed by atoms with Gasteiger partial charge in [0.2, 0.25) is 0 Å². The molecule has 0 N–H and O–H groups in total. The number of aliphatic imine (C=N–C) groups is 1. The zero-order valence-corrected chi connectivity index (χ0v) is 19.1. The minimum Gasteiger partial charge on any atom is -0.465 e. The van der Waals surface area contributed by atoms with Crippen LogP contribution in [0.4, 0.5) is 0 Å². The maximum absolute atomic E-state index is 11.8. The van der Waals surface area contributed by atoms with Gasteiger partial charge in [0.25, 0.3) is 0 Å². The largest absolute Gasteiger partial charge is 0.465 e. The molecule has 0 aromatic heterocycles. The van der Waals surface area contributed by atoms with Crippen molar-refractivity contribution in [1.82, 2.24) is 4.90 Å². The number of carbonyl (C=O) groups excluding carboxylic acids is 1. The molecule has 3 heterocycles. The highest BCUT2D eigenvalue weighted by molar-refractivity contribution is 5.94. The molecule has 3 fully saturated rings. The summed E-state index contributed by atoms with van der Waals surface area (Å²) >= 11 is 0. The number of esters is 1. The van der Waals surface area contributed by atoms with Gasteiger partial charge in [-0.3, -0.25) is 9.89 Å². The van der Waals surface area contributed by atoms with E-state index in [0.29, 0.717) is 17.5 Å². The maximum Gasteiger partial charge on any atom is 0.337 e. The van der Waals surface area contributed by atoms with E-state index in [1.54, 1.807) is 0 Å². The van der Waals surface area contributed by atoms with Crippen LogP contribution >= 0.6 is 0 Å². The second kappa shape index (κ2) is 9.72. The Balaban J connectivity index is 1.42. The Morgan fingerprint density at radius 3 is 2.36 bits per heavy atom. The lowest BCUT2D eigenvalue weighted by atomic mass is 9.78. The summed E-state index contributed by atoms with van der Waals surface area (Å²) in [4.78, 5) is 19.6. The predicted molar refractivity (Wildman–Crippen MR) is 133 cm³/mol. The Kier molecular flexibility index (Phi) is 6.36. The second-order valence-electron chi connectivity index (χ2n) is 8.98. The fraction of sp³-hybridized carbons (Fsp3) is 0.310. The van der Waals surface area contributed by atoms with E-state index in [-0.39, 0.29) is 5.97 Å². The van der Waals surface area contributed by atoms with E-state index in [9.17, 15) is 4.79 Å². The first kappa shape index (κ1) is 21.6. The van der Waals surface area contributed by atoms with Crippen molar-refractivity contribution in [3.63, 3.8) is 0 Å². The lowest BCUT2D eigenvalue weighted by molar-refractivity contribution is 0.0601. The zero-order chi connectivity index (χ0) is 22.6. The molecule has 3 aliphatic heterocycles. The summed E-state index contributed by atoms with van der Waals surface area (Å²) in [7, 11) is 1.41. The van der Waals surface area contributed by atoms with Gasteiger partial charge < -0.3 is 4.74 Å². The number of rotatable bonds is 6. The quantitative estimate of drug-likeness (QED) is 0.483. The monoisotopic (exact) mass is 438 g/mol. The van der Waals surface area contributed by atoms with E-state index in [0.717, 1.165) is 31.6 Å². The summed E-state index contributed by atoms with van der Waals surface area (Å²) < 4.78 is 4.84. The molecule has 4 nitrogen and oxygen atoms in total. The van der Waals surface area contributed by atoms with Crippen molar-refractivity contribution in [2.45, 2.75) is 31.8 Å². The van der Waals surface area contributed by atoms with Crippen molar-refractivity contribution in [2.75, 3.05) is 20.2 Å². The summed E-state index contributed by atoms with van der Waals surface area (Å²) in [5.41, 5.74) is 6.90. The number of hydrogen-bond donors (Lipinski definition) is 0. The van der Waals surface area contributed by atoms with Crippen LogP contribution in [0.25, 0.3) is 11.1 Å². The fourth-order valence-electron chi connectivity index (χ4n) is 5.29. The highest BCUT2D eigenvalue weighted by Crippen LogP contribution is 2.34. The van der Waals surface area contributed by atoms with Crippen LogP contribution in [0, 0.1) is 5.92 Å². The van der Waals surface area contributed by atoms with Crippen LogP contribution in [0.2, 0.25) is 0 Å². The number of nitrogens with zero attached hydrogens (tertiary/aromatic N) is 2. The van der Waals surface area contributed by atoms with Gasteiger partial charge in [0.05, 0.1) is 25.3 Å². The predicted octanol–water partition coefficient (Wildman–Crippen LogP) is 5.42. The summed E-state index contributed by atoms with van der Waals surface area (Å²) in [5.74, 6) is 0.301. The molecular weight excluding hydrogens is 408 g/mol. The SMILES string of the molecule is COC(=O)c1ccc(-c2ccccc2CC2C(=NCc3ccccc3)C3CCN2CC3)cc1. The lowest BCUT2D eigenvalue weighted by Crippen LogP contribution is -2.56. The Hall–Kier alpha value is -3.24. The second-order valence-corrected chi connectivity index (χ2v) is 8.98. The Bertz CT molecular complexity index is 1130. The molecule has 6 rings (SSSR count). The summed E-state index contributed by atoms with van der Waals surface area (Å²) in [5, 5.41) is 0. The smallest absolute Gasteiger partial charge is 0.337 e. The van der Waals surface area contributed by atoms with E-state index in [4.69, 9.17) is 9.73 Å². The molecule has 4 heteroatoms. The number of carbonyl (C=O) groups is 1. The number of ether oxygens (including phenoxy) is 1. The summed E-state index contributed by atoms with van der Waals surface area (Å²) in [6.45, 7) is 3.08. The van der Waals surface area contributed by atoms with Crippen LogP contribution in [0.5, 0.6) is 0 Å². The number of methoxy groups -OCH3 is 1. The van der Waals surface area contributed by atoms with Crippen molar-refractivity contribution < 1.29 is 9.53 Å². The van der Waals surface area contributed by atoms with E-state index >= 15 is 0 Å². The van der Waals surface area contributed by atoms with Crippen LogP contribution in [0.3, 0.4) is 0 Å². The van der Waals surface area contributed by atoms with Gasteiger partial charge in [0.1, 0.15) is 0 Å². The molecule has 0 aliphatic carbocycles. The summed E-state index contributed by atoms with van der Waals surface area (Å²) in [6, 6.07) is 27.3. The molecule has 0 amide bonds. The Morgan fingerprint density at radius 2 is 1.64 bits per heavy atom. The number of benzene rings is 3. The van der Waals surface area contributed by atoms with Crippen LogP contribution < -0.4 is 0 Å². The van der Waals surface area contributed by atoms with Crippen molar-refractivity contribution in [1.29, 1.82) is 0 Å². The number of piperidine rings is 3. The van der Waals surface area contributed by atoms with Gasteiger partial charge >= 0.3 is 5.97 Å². The van der Waals surface area contributed by atoms with Crippen LogP contribution in [0.15, 0.2) is 83.9 Å². The molecule has 2 bridgehead atoms. The molecule has 33 heavy (non-hydrogen) atoms. The average molecular weight is 439 g/mol. The minimum absolute atomic E-state index is 0.305. The highest BCUT2D eigenvalue weighted by atomic mass is 16.5. The van der Waals surface area contributed by atoms with E-state index in [2.05, 4.69) is 59.5 Å². The van der Waals surface area contributed by atoms with Gasteiger partial charge in [-0.1, -0.05) is 66.7 Å². The minimum atomic E-state index is -0.305. The van der Waals surface area contributed by atoms with Gasteiger partial charge in [-0.05, 0) is 66.7 Å². The summed E-state index contributed by atoms with van der Waals surface area (Å²) in [6.07, 6.45) is 3.40. The third-order valence-corrected chi connectivity index (χ3v) is 7.06. The molecule has 3 aromatic rings. The van der Waals surface area contributed by atoms with Crippen molar-refractivity contribution >= 4 is 11.7 Å². The molecule has 1 unspecified atom stereocenters. The molecule has 1 atom stereocenters. The standard InChI is InChI=1S/C29H30N2O2/c1-33-29(32)24-13-11-22(12-14-24)26-10-6-5-9-25(26)19-27-28(23-15-17-31(27)18-16-23)30-20-21-7-3-2-4-8-21/h2-14,23,27H,15-20H2,1H3. The first-order chi connectivity index (χ1) is 16.2. The average Bonchev–Trinajstić information content (AvgIpc) is 2.89. The van der Waals surface area contributed by atoms with Gasteiger partial charge in [-0.2, -0.15) is 0 Å². The molecule has 3 aliphatic rings. The Morgan fingerprint density at radius 1 is 0.939 bits per heavy atom. The highest BCUT2D eigenvalue weighted by Gasteiger charge is 2.39. The molecular formula is C29H30N2O2. The van der Waals surface area contributed by atoms with Gasteiger partial charge in [-0.15, -0.1) is 0 Å². The first-order valence-corrected chi connectivity index (χ1v) is 11.8. The normalized spacial score (nSPS) is 22.9. The van der Waals surface area contributed by atoms with E-state index < -0.39 is 0 Å². The van der Waals surface area contributed by atoms with Gasteiger partial charge in [0, 0.05) is 11.6 Å². The molecule has 3 aromatic carbocycles. The molecule has 0 radical (unpaired) electrons. The zero-order valence-electron chi connectivity index (χ0n) is 19.1. The van der Waals surface area contributed by atoms with Crippen molar-refractivity contribution in [3.8, 4) is 11.1 Å². The van der Waals surface area contributed by atoms with Crippen LogP contribution in [-0.2, 0) is 17.7 Å². The molecule has 3 saturated heterocycles. The van der Waals surface area contributed by atoms with Crippen LogP contribution in [-0.4, -0.2) is 42.8 Å².